The van der Waals surface area contributed by atoms with Gasteiger partial charge in [0, 0.05) is 11.1 Å². The van der Waals surface area contributed by atoms with Crippen molar-refractivity contribution < 1.29 is 22.3 Å². The van der Waals surface area contributed by atoms with E-state index in [9.17, 15) is 22.3 Å². The Morgan fingerprint density at radius 2 is 1.58 bits per heavy atom. The highest BCUT2D eigenvalue weighted by Gasteiger charge is 2.12. The molecule has 1 unspecified atom stereocenters. The molecule has 2 rings (SSSR count). The van der Waals surface area contributed by atoms with Crippen molar-refractivity contribution in [3.05, 3.63) is 65.2 Å². The zero-order valence-corrected chi connectivity index (χ0v) is 10.2. The van der Waals surface area contributed by atoms with Crippen molar-refractivity contribution in [2.75, 3.05) is 0 Å². The van der Waals surface area contributed by atoms with Gasteiger partial charge in [-0.3, -0.25) is 9.00 Å². The number of carbonyl (C=O) groups excluding carboxylic acids is 1. The predicted octanol–water partition coefficient (Wildman–Crippen LogP) is 2.43. The van der Waals surface area contributed by atoms with Gasteiger partial charge in [-0.2, -0.15) is 0 Å². The summed E-state index contributed by atoms with van der Waals surface area (Å²) in [5.74, 6) is -1.92. The summed E-state index contributed by atoms with van der Waals surface area (Å²) in [6.45, 7) is 0. The molecule has 2 aromatic rings. The van der Waals surface area contributed by atoms with E-state index in [1.807, 2.05) is 0 Å². The number of hydrogen-bond donors (Lipinski definition) is 0. The van der Waals surface area contributed by atoms with Crippen LogP contribution in [0.5, 0.6) is 0 Å². The van der Waals surface area contributed by atoms with Crippen LogP contribution >= 0.6 is 0 Å². The van der Waals surface area contributed by atoms with Crippen molar-refractivity contribution in [1.29, 1.82) is 0 Å². The van der Waals surface area contributed by atoms with Gasteiger partial charge in [0.15, 0.2) is 5.78 Å². The maximum Gasteiger partial charge on any atom is 0.193 e. The van der Waals surface area contributed by atoms with Crippen LogP contribution in [-0.4, -0.2) is 14.5 Å². The fourth-order valence-corrected chi connectivity index (χ4v) is 1.99. The van der Waals surface area contributed by atoms with Gasteiger partial charge >= 0.3 is 0 Å². The summed E-state index contributed by atoms with van der Waals surface area (Å²) in [5.41, 5.74) is 0.211. The molecule has 0 radical (unpaired) electrons. The largest absolute Gasteiger partial charge is 0.768 e. The monoisotopic (exact) mass is 281 g/mol. The highest BCUT2D eigenvalue weighted by molar-refractivity contribution is 7.79. The van der Waals surface area contributed by atoms with Crippen LogP contribution in [0.15, 0.2) is 47.4 Å². The number of hydrogen-bond acceptors (Lipinski definition) is 3. The van der Waals surface area contributed by atoms with Crippen molar-refractivity contribution in [2.24, 2.45) is 0 Å². The molecule has 0 heterocycles. The van der Waals surface area contributed by atoms with E-state index in [1.165, 1.54) is 18.2 Å². The Labute approximate surface area is 110 Å². The van der Waals surface area contributed by atoms with E-state index in [-0.39, 0.29) is 11.1 Å². The van der Waals surface area contributed by atoms with Crippen LogP contribution < -0.4 is 0 Å². The number of carbonyl (C=O) groups is 1. The molecule has 0 amide bonds. The van der Waals surface area contributed by atoms with E-state index in [2.05, 4.69) is 0 Å². The van der Waals surface area contributed by atoms with Crippen molar-refractivity contribution >= 4 is 16.9 Å². The minimum atomic E-state index is -2.76. The van der Waals surface area contributed by atoms with Crippen LogP contribution in [0.2, 0.25) is 0 Å². The number of halogens is 2. The van der Waals surface area contributed by atoms with Crippen molar-refractivity contribution in [1.82, 2.24) is 0 Å². The minimum Gasteiger partial charge on any atom is -0.768 e. The van der Waals surface area contributed by atoms with E-state index in [0.717, 1.165) is 24.3 Å². The summed E-state index contributed by atoms with van der Waals surface area (Å²) in [6.07, 6.45) is 0. The first-order valence-electron chi connectivity index (χ1n) is 5.18. The second-order valence-corrected chi connectivity index (χ2v) is 4.63. The van der Waals surface area contributed by atoms with Crippen LogP contribution in [0, 0.1) is 11.6 Å². The lowest BCUT2D eigenvalue weighted by atomic mass is 10.0. The van der Waals surface area contributed by atoms with Crippen LogP contribution in [-0.2, 0) is 11.1 Å². The third kappa shape index (κ3) is 2.91. The minimum absolute atomic E-state index is 0.0206. The fraction of sp³-hybridized carbons (Fsp3) is 0. The number of ketones is 1. The summed E-state index contributed by atoms with van der Waals surface area (Å²) < 4.78 is 47.5. The molecular formula is C13H7F2O3S-. The van der Waals surface area contributed by atoms with Gasteiger partial charge in [-0.25, -0.2) is 8.78 Å². The van der Waals surface area contributed by atoms with Crippen molar-refractivity contribution in [3.63, 3.8) is 0 Å². The van der Waals surface area contributed by atoms with E-state index >= 15 is 0 Å². The summed E-state index contributed by atoms with van der Waals surface area (Å²) in [5, 5.41) is 0. The molecule has 19 heavy (non-hydrogen) atoms. The molecule has 0 spiro atoms. The fourth-order valence-electron chi connectivity index (χ4n) is 1.54. The molecular weight excluding hydrogens is 274 g/mol. The van der Waals surface area contributed by atoms with Crippen molar-refractivity contribution in [3.8, 4) is 0 Å². The van der Waals surface area contributed by atoms with Crippen LogP contribution in [0.4, 0.5) is 8.78 Å². The quantitative estimate of drug-likeness (QED) is 0.641. The molecule has 0 bridgehead atoms. The Bertz CT molecular complexity index is 653. The molecule has 0 saturated heterocycles. The van der Waals surface area contributed by atoms with E-state index < -0.39 is 33.4 Å². The lowest BCUT2D eigenvalue weighted by Crippen LogP contribution is -2.04. The second kappa shape index (κ2) is 5.38. The van der Waals surface area contributed by atoms with Crippen LogP contribution in [0.25, 0.3) is 0 Å². The number of benzene rings is 2. The molecule has 0 aliphatic heterocycles. The van der Waals surface area contributed by atoms with Gasteiger partial charge in [-0.1, -0.05) is 0 Å². The first kappa shape index (κ1) is 13.5. The Balaban J connectivity index is 2.42. The second-order valence-electron chi connectivity index (χ2n) is 3.72. The van der Waals surface area contributed by atoms with Gasteiger partial charge in [0.25, 0.3) is 0 Å². The topological polar surface area (TPSA) is 57.2 Å². The van der Waals surface area contributed by atoms with Gasteiger partial charge in [0.2, 0.25) is 0 Å². The molecule has 0 aromatic heterocycles. The normalized spacial score (nSPS) is 12.2. The average molecular weight is 281 g/mol. The Kier molecular flexibility index (Phi) is 3.82. The Morgan fingerprint density at radius 3 is 2.16 bits per heavy atom. The standard InChI is InChI=1S/C13H8F2O3S/c14-10-4-1-8(2-5-10)13(16)9-3-6-11(15)12(7-9)19(17)18/h1-7H,(H,17,18)/p-1. The molecule has 98 valence electrons. The maximum atomic E-state index is 13.2. The van der Waals surface area contributed by atoms with Crippen LogP contribution in [0.1, 0.15) is 15.9 Å². The zero-order chi connectivity index (χ0) is 14.0. The highest BCUT2D eigenvalue weighted by atomic mass is 32.2. The van der Waals surface area contributed by atoms with E-state index in [1.54, 1.807) is 0 Å². The van der Waals surface area contributed by atoms with Gasteiger partial charge in [-0.15, -0.1) is 0 Å². The molecule has 0 N–H and O–H groups in total. The molecule has 3 nitrogen and oxygen atoms in total. The third-order valence-electron chi connectivity index (χ3n) is 2.48. The molecule has 0 saturated carbocycles. The molecule has 2 aromatic carbocycles. The third-order valence-corrected chi connectivity index (χ3v) is 3.15. The Morgan fingerprint density at radius 1 is 1.00 bits per heavy atom. The lowest BCUT2D eigenvalue weighted by molar-refractivity contribution is 0.103. The first-order chi connectivity index (χ1) is 8.99. The molecule has 0 fully saturated rings. The Hall–Kier alpha value is -1.92. The zero-order valence-electron chi connectivity index (χ0n) is 9.43. The summed E-state index contributed by atoms with van der Waals surface area (Å²) in [6, 6.07) is 7.81. The van der Waals surface area contributed by atoms with E-state index in [4.69, 9.17) is 0 Å². The van der Waals surface area contributed by atoms with Crippen molar-refractivity contribution in [2.45, 2.75) is 4.90 Å². The number of rotatable bonds is 3. The summed E-state index contributed by atoms with van der Waals surface area (Å²) in [4.78, 5) is 11.4. The lowest BCUT2D eigenvalue weighted by Gasteiger charge is -2.08. The average Bonchev–Trinajstić information content (AvgIpc) is 2.39. The van der Waals surface area contributed by atoms with Gasteiger partial charge in [-0.05, 0) is 53.5 Å². The first-order valence-corrected chi connectivity index (χ1v) is 6.25. The SMILES string of the molecule is O=C(c1ccc(F)cc1)c1ccc(F)c(S(=O)[O-])c1. The molecule has 1 atom stereocenters. The molecule has 0 aliphatic rings. The van der Waals surface area contributed by atoms with Gasteiger partial charge < -0.3 is 4.55 Å². The van der Waals surface area contributed by atoms with Gasteiger partial charge in [0.1, 0.15) is 11.6 Å². The molecule has 6 heteroatoms. The predicted molar refractivity (Wildman–Crippen MR) is 63.4 cm³/mol. The smallest absolute Gasteiger partial charge is 0.193 e. The van der Waals surface area contributed by atoms with Crippen LogP contribution in [0.3, 0.4) is 0 Å². The summed E-state index contributed by atoms with van der Waals surface area (Å²) >= 11 is -2.76. The molecule has 0 aliphatic carbocycles. The highest BCUT2D eigenvalue weighted by Crippen LogP contribution is 2.17. The van der Waals surface area contributed by atoms with E-state index in [0.29, 0.717) is 0 Å². The van der Waals surface area contributed by atoms with Gasteiger partial charge in [0.05, 0.1) is 4.90 Å². The summed E-state index contributed by atoms with van der Waals surface area (Å²) in [7, 11) is 0. The maximum absolute atomic E-state index is 13.2.